The number of nitrogens with zero attached hydrogens (tertiary/aromatic N) is 4. The molecule has 5 heterocycles. The lowest BCUT2D eigenvalue weighted by atomic mass is 9.72. The lowest BCUT2D eigenvalue weighted by Crippen LogP contribution is -2.52. The number of carbonyl (C=O) groups is 4. The molecule has 20 nitrogen and oxygen atoms in total. The quantitative estimate of drug-likeness (QED) is 0.0146. The molecule has 83 heavy (non-hydrogen) atoms. The van der Waals surface area contributed by atoms with Crippen molar-refractivity contribution in [3.05, 3.63) is 142 Å². The van der Waals surface area contributed by atoms with E-state index in [1.165, 1.54) is 46.0 Å². The van der Waals surface area contributed by atoms with Crippen LogP contribution in [0.1, 0.15) is 96.2 Å². The number of aromatic amines is 1. The number of ether oxygens (including phenoxy) is 2. The van der Waals surface area contributed by atoms with Crippen molar-refractivity contribution in [1.29, 1.82) is 0 Å². The van der Waals surface area contributed by atoms with Crippen molar-refractivity contribution in [2.75, 3.05) is 74.9 Å². The highest BCUT2D eigenvalue weighted by Gasteiger charge is 2.40. The molecule has 4 aromatic carbocycles. The Kier molecular flexibility index (Phi) is 18.1. The Labute approximate surface area is 486 Å². The lowest BCUT2D eigenvalue weighted by molar-refractivity contribution is -0.136. The van der Waals surface area contributed by atoms with Crippen LogP contribution in [-0.2, 0) is 30.9 Å². The average Bonchev–Trinajstić information content (AvgIpc) is 4.32. The van der Waals surface area contributed by atoms with Crippen molar-refractivity contribution >= 4 is 78.9 Å². The number of anilines is 3. The molecule has 1 unspecified atom stereocenters. The number of halogens is 1. The molecule has 0 saturated carbocycles. The van der Waals surface area contributed by atoms with E-state index in [0.717, 1.165) is 68.8 Å². The van der Waals surface area contributed by atoms with Gasteiger partial charge in [0.15, 0.2) is 0 Å². The summed E-state index contributed by atoms with van der Waals surface area (Å²) in [6.45, 7) is 10.1. The second-order valence-corrected chi connectivity index (χ2v) is 24.2. The van der Waals surface area contributed by atoms with Gasteiger partial charge in [0.2, 0.25) is 11.8 Å². The van der Waals surface area contributed by atoms with Crippen LogP contribution in [0, 0.1) is 23.2 Å². The number of amides is 4. The standard InChI is InChI=1S/C61H67ClN10O10S/c1-61(2)22-18-43(50(34-61)40-8-10-45(62)11-9-40)36-63-24-25-64-46-12-14-49(54(32-46)82-47-31-42-19-23-65-57(42)67-37-47)58(74)69-83(79,80)48-13-15-51(53(33-48)72(77)78)66-35-39-20-26-70(27-21-39)28-30-81-29-4-7-41-5-3-6-44-38-71(60(76)56(41)44)52-16-17-55(73)68-59(52)75/h3,5-6,8-15,19,23,31-33,37,39,52,63-64,66,77-78H,16-18,20-22,24-30,34-36,38H2,1-2H3,(H,65,67)(H,69,74)(H,68,73,75). The van der Waals surface area contributed by atoms with Crippen LogP contribution in [0.25, 0.3) is 16.6 Å². The van der Waals surface area contributed by atoms with Gasteiger partial charge in [-0.05, 0) is 140 Å². The zero-order chi connectivity index (χ0) is 58.3. The molecule has 2 aromatic heterocycles. The topological polar surface area (TPSA) is 260 Å². The number of sulfonamides is 1. The maximum atomic E-state index is 14.0. The first kappa shape index (κ1) is 58.4. The van der Waals surface area contributed by atoms with Gasteiger partial charge in [-0.15, -0.1) is 5.23 Å². The minimum atomic E-state index is -4.58. The van der Waals surface area contributed by atoms with E-state index in [0.29, 0.717) is 66.0 Å². The van der Waals surface area contributed by atoms with Crippen molar-refractivity contribution in [2.45, 2.75) is 76.3 Å². The average molecular weight is 1170 g/mol. The first-order valence-electron chi connectivity index (χ1n) is 27.8. The molecule has 8 N–H and O–H groups in total. The molecule has 2 fully saturated rings. The van der Waals surface area contributed by atoms with Gasteiger partial charge in [0.1, 0.15) is 35.5 Å². The van der Waals surface area contributed by atoms with Gasteiger partial charge in [-0.3, -0.25) is 34.9 Å². The second-order valence-electron chi connectivity index (χ2n) is 22.1. The highest BCUT2D eigenvalue weighted by Crippen LogP contribution is 2.43. The molecule has 0 radical (unpaired) electrons. The van der Waals surface area contributed by atoms with Crippen LogP contribution in [-0.4, -0.2) is 127 Å². The molecule has 6 aromatic rings. The number of likely N-dealkylation sites (tertiary alicyclic amines) is 1. The monoisotopic (exact) mass is 1170 g/mol. The van der Waals surface area contributed by atoms with E-state index < -0.39 is 27.9 Å². The SMILES string of the molecule is CC1(C)CCC(CNCCNc2ccc(C(=O)NS(=O)(=O)c3ccc(NCC4CCN(CCOCC#Cc5cccc6c5C(=O)N(C5CCC(=O)NC5=O)C6)CC4)c(N(O)O)c3)c(Oc3cnc4[nH]ccc4c3)c2)=C(c2ccc(Cl)cc2)C1. The van der Waals surface area contributed by atoms with Crippen LogP contribution in [0.4, 0.5) is 17.1 Å². The number of hydrogen-bond acceptors (Lipinski definition) is 16. The molecule has 4 amide bonds. The van der Waals surface area contributed by atoms with E-state index in [-0.39, 0.29) is 82.0 Å². The van der Waals surface area contributed by atoms with Crippen LogP contribution in [0.5, 0.6) is 11.5 Å². The number of benzene rings is 4. The molecule has 434 valence electrons. The number of pyridine rings is 1. The zero-order valence-corrected chi connectivity index (χ0v) is 47.8. The maximum Gasteiger partial charge on any atom is 0.268 e. The summed E-state index contributed by atoms with van der Waals surface area (Å²) in [4.78, 5) is 62.4. The summed E-state index contributed by atoms with van der Waals surface area (Å²) >= 11 is 6.22. The van der Waals surface area contributed by atoms with Gasteiger partial charge in [0.25, 0.3) is 21.8 Å². The molecule has 1 atom stereocenters. The minimum absolute atomic E-state index is 0.0727. The van der Waals surface area contributed by atoms with Gasteiger partial charge < -0.3 is 40.2 Å². The third kappa shape index (κ3) is 14.3. The van der Waals surface area contributed by atoms with Gasteiger partial charge in [-0.25, -0.2) is 18.1 Å². The van der Waals surface area contributed by atoms with Crippen molar-refractivity contribution in [3.63, 3.8) is 0 Å². The van der Waals surface area contributed by atoms with E-state index in [4.69, 9.17) is 21.1 Å². The molecule has 4 aliphatic rings. The third-order valence-electron chi connectivity index (χ3n) is 15.7. The van der Waals surface area contributed by atoms with Crippen molar-refractivity contribution in [2.24, 2.45) is 11.3 Å². The molecular formula is C61H67ClN10O10S. The Morgan fingerprint density at radius 1 is 0.952 bits per heavy atom. The first-order chi connectivity index (χ1) is 40.0. The van der Waals surface area contributed by atoms with E-state index in [1.54, 1.807) is 30.5 Å². The Hall–Kier alpha value is -7.81. The summed E-state index contributed by atoms with van der Waals surface area (Å²) in [5, 5.41) is 34.4. The highest BCUT2D eigenvalue weighted by molar-refractivity contribution is 7.90. The fraction of sp³-hybridized carbons (Fsp3) is 0.361. The molecule has 2 saturated heterocycles. The van der Waals surface area contributed by atoms with E-state index in [2.05, 4.69) is 78.7 Å². The number of imide groups is 1. The highest BCUT2D eigenvalue weighted by atomic mass is 35.5. The first-order valence-corrected chi connectivity index (χ1v) is 29.7. The molecular weight excluding hydrogens is 1100 g/mol. The smallest absolute Gasteiger partial charge is 0.268 e. The summed E-state index contributed by atoms with van der Waals surface area (Å²) < 4.78 is 42.0. The van der Waals surface area contributed by atoms with Gasteiger partial charge in [0, 0.05) is 79.6 Å². The third-order valence-corrected chi connectivity index (χ3v) is 17.3. The summed E-state index contributed by atoms with van der Waals surface area (Å²) in [6.07, 6.45) is 8.46. The predicted octanol–water partition coefficient (Wildman–Crippen LogP) is 8.33. The molecule has 10 rings (SSSR count). The summed E-state index contributed by atoms with van der Waals surface area (Å²) in [5.74, 6) is 4.65. The van der Waals surface area contributed by atoms with Crippen molar-refractivity contribution in [3.8, 4) is 23.3 Å². The van der Waals surface area contributed by atoms with Gasteiger partial charge >= 0.3 is 0 Å². The predicted molar refractivity (Wildman–Crippen MR) is 315 cm³/mol. The zero-order valence-electron chi connectivity index (χ0n) is 46.2. The normalized spacial score (nSPS) is 17.4. The number of hydrogen-bond donors (Lipinski definition) is 8. The lowest BCUT2D eigenvalue weighted by Gasteiger charge is -2.34. The Balaban J connectivity index is 0.707. The van der Waals surface area contributed by atoms with Crippen LogP contribution in [0.15, 0.2) is 114 Å². The number of fused-ring (bicyclic) bond motifs is 2. The van der Waals surface area contributed by atoms with E-state index in [1.807, 2.05) is 30.3 Å². The van der Waals surface area contributed by atoms with Gasteiger partial charge in [0.05, 0.1) is 34.5 Å². The summed E-state index contributed by atoms with van der Waals surface area (Å²) in [6, 6.07) is 24.9. The van der Waals surface area contributed by atoms with Gasteiger partial charge in [-0.1, -0.05) is 67.1 Å². The number of piperidine rings is 2. The minimum Gasteiger partial charge on any atom is -0.455 e. The van der Waals surface area contributed by atoms with Crippen molar-refractivity contribution < 1.29 is 47.5 Å². The number of carbonyl (C=O) groups excluding carboxylic acids is 4. The van der Waals surface area contributed by atoms with E-state index in [9.17, 15) is 38.0 Å². The number of aromatic nitrogens is 2. The van der Waals surface area contributed by atoms with Crippen LogP contribution < -0.4 is 36.0 Å². The molecule has 3 aliphatic heterocycles. The number of H-pyrrole nitrogens is 1. The van der Waals surface area contributed by atoms with Gasteiger partial charge in [-0.2, -0.15) is 0 Å². The molecule has 1 aliphatic carbocycles. The molecule has 0 bridgehead atoms. The fourth-order valence-electron chi connectivity index (χ4n) is 11.1. The number of rotatable bonds is 21. The summed E-state index contributed by atoms with van der Waals surface area (Å²) in [7, 11) is -4.58. The Morgan fingerprint density at radius 2 is 1.77 bits per heavy atom. The summed E-state index contributed by atoms with van der Waals surface area (Å²) in [5.41, 5.74) is 7.16. The second kappa shape index (κ2) is 25.8. The Morgan fingerprint density at radius 3 is 2.57 bits per heavy atom. The van der Waals surface area contributed by atoms with Crippen LogP contribution in [0.3, 0.4) is 0 Å². The molecule has 22 heteroatoms. The van der Waals surface area contributed by atoms with Crippen LogP contribution >= 0.6 is 11.6 Å². The molecule has 0 spiro atoms. The van der Waals surface area contributed by atoms with E-state index >= 15 is 0 Å². The van der Waals surface area contributed by atoms with Crippen LogP contribution in [0.2, 0.25) is 5.02 Å². The maximum absolute atomic E-state index is 14.0. The Bertz CT molecular complexity index is 3630. The number of allylic oxidation sites excluding steroid dienone is 1. The van der Waals surface area contributed by atoms with Crippen molar-refractivity contribution in [1.82, 2.24) is 35.1 Å². The fourth-order valence-corrected chi connectivity index (χ4v) is 12.2. The number of nitrogens with one attached hydrogen (secondary N) is 6. The largest absolute Gasteiger partial charge is 0.455 e.